The number of nitrogens with zero attached hydrogens (tertiary/aromatic N) is 1. The van der Waals surface area contributed by atoms with Gasteiger partial charge in [-0.3, -0.25) is 4.79 Å². The fourth-order valence-corrected chi connectivity index (χ4v) is 3.27. The molecule has 1 aliphatic rings. The van der Waals surface area contributed by atoms with Crippen LogP contribution in [-0.4, -0.2) is 36.0 Å². The van der Waals surface area contributed by atoms with Gasteiger partial charge in [-0.1, -0.05) is 0 Å². The Bertz CT molecular complexity index is 405. The first kappa shape index (κ1) is 13.2. The minimum Gasteiger partial charge on any atom is -0.372 e. The number of rotatable bonds is 4. The molecule has 2 rings (SSSR count). The molecular formula is C13H19N3OS. The van der Waals surface area contributed by atoms with Gasteiger partial charge in [0, 0.05) is 19.8 Å². The van der Waals surface area contributed by atoms with Crippen LogP contribution >= 0.6 is 11.8 Å². The van der Waals surface area contributed by atoms with E-state index in [2.05, 4.69) is 15.6 Å². The summed E-state index contributed by atoms with van der Waals surface area (Å²) in [4.78, 5) is 16.2. The van der Waals surface area contributed by atoms with E-state index >= 15 is 0 Å². The van der Waals surface area contributed by atoms with E-state index in [0.29, 0.717) is 17.3 Å². The van der Waals surface area contributed by atoms with Crippen molar-refractivity contribution in [2.24, 2.45) is 5.92 Å². The first-order valence-electron chi connectivity index (χ1n) is 6.30. The second kappa shape index (κ2) is 6.64. The highest BCUT2D eigenvalue weighted by Crippen LogP contribution is 2.22. The topological polar surface area (TPSA) is 54.0 Å². The number of hydrogen-bond acceptors (Lipinski definition) is 4. The summed E-state index contributed by atoms with van der Waals surface area (Å²) in [6.45, 7) is 0.775. The smallest absolute Gasteiger partial charge is 0.255 e. The fourth-order valence-electron chi connectivity index (χ4n) is 2.07. The molecule has 1 saturated heterocycles. The zero-order valence-electron chi connectivity index (χ0n) is 10.6. The van der Waals surface area contributed by atoms with Crippen molar-refractivity contribution >= 4 is 23.5 Å². The van der Waals surface area contributed by atoms with Crippen LogP contribution in [0.15, 0.2) is 18.3 Å². The van der Waals surface area contributed by atoms with E-state index in [1.165, 1.54) is 24.3 Å². The normalized spacial score (nSPS) is 16.3. The average molecular weight is 265 g/mol. The molecule has 1 aliphatic heterocycles. The molecule has 1 aromatic rings. The van der Waals surface area contributed by atoms with Crippen LogP contribution in [0.25, 0.3) is 0 Å². The lowest BCUT2D eigenvalue weighted by Crippen LogP contribution is -2.31. The van der Waals surface area contributed by atoms with Gasteiger partial charge in [0.05, 0.1) is 5.56 Å². The number of amides is 1. The second-order valence-corrected chi connectivity index (χ2v) is 5.64. The standard InChI is InChI=1S/C13H19N3OS/c1-14-12-11(3-2-6-15-12)13(17)16-9-10-4-7-18-8-5-10/h2-3,6,10H,4-5,7-9H2,1H3,(H,14,15)(H,16,17). The molecule has 0 unspecified atom stereocenters. The summed E-state index contributed by atoms with van der Waals surface area (Å²) in [7, 11) is 1.78. The summed E-state index contributed by atoms with van der Waals surface area (Å²) in [5.74, 6) is 3.66. The third-order valence-corrected chi connectivity index (χ3v) is 4.23. The van der Waals surface area contributed by atoms with Crippen LogP contribution in [0.4, 0.5) is 5.82 Å². The van der Waals surface area contributed by atoms with Gasteiger partial charge >= 0.3 is 0 Å². The van der Waals surface area contributed by atoms with Crippen LogP contribution in [0.3, 0.4) is 0 Å². The molecule has 2 heterocycles. The van der Waals surface area contributed by atoms with Crippen LogP contribution < -0.4 is 10.6 Å². The highest BCUT2D eigenvalue weighted by molar-refractivity contribution is 7.99. The highest BCUT2D eigenvalue weighted by Gasteiger charge is 2.16. The minimum atomic E-state index is -0.0364. The molecule has 4 nitrogen and oxygen atoms in total. The van der Waals surface area contributed by atoms with Gasteiger partial charge < -0.3 is 10.6 Å². The Morgan fingerprint density at radius 1 is 1.50 bits per heavy atom. The highest BCUT2D eigenvalue weighted by atomic mass is 32.2. The average Bonchev–Trinajstić information content (AvgIpc) is 2.45. The van der Waals surface area contributed by atoms with Crippen molar-refractivity contribution in [2.45, 2.75) is 12.8 Å². The Kier molecular flexibility index (Phi) is 4.87. The molecule has 2 N–H and O–H groups in total. The lowest BCUT2D eigenvalue weighted by Gasteiger charge is -2.21. The second-order valence-electron chi connectivity index (χ2n) is 4.42. The Labute approximate surface area is 112 Å². The third-order valence-electron chi connectivity index (χ3n) is 3.18. The number of aromatic nitrogens is 1. The molecule has 1 aromatic heterocycles. The lowest BCUT2D eigenvalue weighted by atomic mass is 10.0. The Morgan fingerprint density at radius 2 is 2.28 bits per heavy atom. The van der Waals surface area contributed by atoms with Gasteiger partial charge in [0.25, 0.3) is 5.91 Å². The van der Waals surface area contributed by atoms with Crippen LogP contribution in [0.2, 0.25) is 0 Å². The molecule has 0 bridgehead atoms. The van der Waals surface area contributed by atoms with Crippen LogP contribution in [0, 0.1) is 5.92 Å². The summed E-state index contributed by atoms with van der Waals surface area (Å²) >= 11 is 2.00. The molecule has 98 valence electrons. The first-order valence-corrected chi connectivity index (χ1v) is 7.45. The van der Waals surface area contributed by atoms with Gasteiger partial charge in [0.2, 0.25) is 0 Å². The molecule has 0 aliphatic carbocycles. The zero-order valence-corrected chi connectivity index (χ0v) is 11.4. The minimum absolute atomic E-state index is 0.0364. The predicted octanol–water partition coefficient (Wildman–Crippen LogP) is 2.00. The van der Waals surface area contributed by atoms with Crippen molar-refractivity contribution in [1.82, 2.24) is 10.3 Å². The van der Waals surface area contributed by atoms with Gasteiger partial charge in [-0.05, 0) is 42.4 Å². The maximum Gasteiger partial charge on any atom is 0.255 e. The first-order chi connectivity index (χ1) is 8.81. The number of pyridine rings is 1. The monoisotopic (exact) mass is 265 g/mol. The molecule has 1 amide bonds. The number of carbonyl (C=O) groups excluding carboxylic acids is 1. The van der Waals surface area contributed by atoms with Crippen LogP contribution in [-0.2, 0) is 0 Å². The van der Waals surface area contributed by atoms with E-state index < -0.39 is 0 Å². The van der Waals surface area contributed by atoms with Crippen molar-refractivity contribution in [1.29, 1.82) is 0 Å². The summed E-state index contributed by atoms with van der Waals surface area (Å²) in [5.41, 5.74) is 0.616. The van der Waals surface area contributed by atoms with Crippen molar-refractivity contribution in [3.05, 3.63) is 23.9 Å². The largest absolute Gasteiger partial charge is 0.372 e. The number of hydrogen-bond donors (Lipinski definition) is 2. The maximum absolute atomic E-state index is 12.1. The molecule has 1 fully saturated rings. The van der Waals surface area contributed by atoms with Gasteiger partial charge in [-0.2, -0.15) is 11.8 Å². The Balaban J connectivity index is 1.90. The van der Waals surface area contributed by atoms with E-state index in [9.17, 15) is 4.79 Å². The molecule has 0 spiro atoms. The predicted molar refractivity (Wildman–Crippen MR) is 76.2 cm³/mol. The van der Waals surface area contributed by atoms with E-state index in [4.69, 9.17) is 0 Å². The Hall–Kier alpha value is -1.23. The van der Waals surface area contributed by atoms with Crippen molar-refractivity contribution < 1.29 is 4.79 Å². The van der Waals surface area contributed by atoms with Gasteiger partial charge in [0.1, 0.15) is 5.82 Å². The zero-order chi connectivity index (χ0) is 12.8. The lowest BCUT2D eigenvalue weighted by molar-refractivity contribution is 0.0947. The van der Waals surface area contributed by atoms with E-state index in [-0.39, 0.29) is 5.91 Å². The molecule has 0 radical (unpaired) electrons. The van der Waals surface area contributed by atoms with Crippen LogP contribution in [0.5, 0.6) is 0 Å². The molecule has 0 saturated carbocycles. The molecular weight excluding hydrogens is 246 g/mol. The Morgan fingerprint density at radius 3 is 3.00 bits per heavy atom. The van der Waals surface area contributed by atoms with Gasteiger partial charge in [-0.15, -0.1) is 0 Å². The molecule has 0 aromatic carbocycles. The summed E-state index contributed by atoms with van der Waals surface area (Å²) in [6.07, 6.45) is 4.09. The van der Waals surface area contributed by atoms with E-state index in [1.807, 2.05) is 11.8 Å². The molecule has 5 heteroatoms. The third kappa shape index (κ3) is 3.38. The number of carbonyl (C=O) groups is 1. The number of anilines is 1. The fraction of sp³-hybridized carbons (Fsp3) is 0.538. The number of thioether (sulfide) groups is 1. The van der Waals surface area contributed by atoms with E-state index in [1.54, 1.807) is 25.4 Å². The molecule has 18 heavy (non-hydrogen) atoms. The number of nitrogens with one attached hydrogen (secondary N) is 2. The van der Waals surface area contributed by atoms with E-state index in [0.717, 1.165) is 6.54 Å². The summed E-state index contributed by atoms with van der Waals surface area (Å²) < 4.78 is 0. The quantitative estimate of drug-likeness (QED) is 0.874. The molecule has 0 atom stereocenters. The van der Waals surface area contributed by atoms with Gasteiger partial charge in [0.15, 0.2) is 0 Å². The van der Waals surface area contributed by atoms with Crippen LogP contribution in [0.1, 0.15) is 23.2 Å². The summed E-state index contributed by atoms with van der Waals surface area (Å²) in [5, 5.41) is 5.95. The van der Waals surface area contributed by atoms with Crippen molar-refractivity contribution in [2.75, 3.05) is 30.4 Å². The summed E-state index contributed by atoms with van der Waals surface area (Å²) in [6, 6.07) is 3.58. The van der Waals surface area contributed by atoms with Crippen molar-refractivity contribution in [3.63, 3.8) is 0 Å². The SMILES string of the molecule is CNc1ncccc1C(=O)NCC1CCSCC1. The maximum atomic E-state index is 12.1. The van der Waals surface area contributed by atoms with Gasteiger partial charge in [-0.25, -0.2) is 4.98 Å². The van der Waals surface area contributed by atoms with Crippen molar-refractivity contribution in [3.8, 4) is 0 Å².